The average Bonchev–Trinajstić information content (AvgIpc) is 2.21. The third-order valence-electron chi connectivity index (χ3n) is 1.77. The fourth-order valence-electron chi connectivity index (χ4n) is 1.15. The second-order valence-electron chi connectivity index (χ2n) is 2.78. The summed E-state index contributed by atoms with van der Waals surface area (Å²) in [6.45, 7) is 0. The van der Waals surface area contributed by atoms with Gasteiger partial charge >= 0.3 is 89.3 Å². The zero-order chi connectivity index (χ0) is 8.93. The van der Waals surface area contributed by atoms with E-state index in [1.165, 1.54) is 7.02 Å². The van der Waals surface area contributed by atoms with E-state index in [1.54, 1.807) is 0 Å². The molecular formula is C12H10Sb. The quantitative estimate of drug-likeness (QED) is 0.726. The molecule has 2 rings (SSSR count). The molecule has 63 valence electrons. The first-order valence-corrected chi connectivity index (χ1v) is 6.82. The summed E-state index contributed by atoms with van der Waals surface area (Å²) in [5, 5.41) is 0. The molecule has 0 saturated carbocycles. The van der Waals surface area contributed by atoms with E-state index < -0.39 is 0 Å². The number of hydrogen-bond donors (Lipinski definition) is 0. The van der Waals surface area contributed by atoms with Gasteiger partial charge in [0.25, 0.3) is 0 Å². The first kappa shape index (κ1) is 8.84. The van der Waals surface area contributed by atoms with Gasteiger partial charge in [0.2, 0.25) is 0 Å². The minimum atomic E-state index is -0.335. The molecule has 0 saturated heterocycles. The summed E-state index contributed by atoms with van der Waals surface area (Å²) in [7, 11) is 0. The molecule has 0 atom stereocenters. The predicted octanol–water partition coefficient (Wildman–Crippen LogP) is 1.34. The van der Waals surface area contributed by atoms with Crippen LogP contribution < -0.4 is 7.02 Å². The van der Waals surface area contributed by atoms with Gasteiger partial charge in [0.1, 0.15) is 0 Å². The Bertz CT molecular complexity index is 316. The molecule has 0 fully saturated rings. The van der Waals surface area contributed by atoms with E-state index in [0.29, 0.717) is 0 Å². The molecule has 0 amide bonds. The van der Waals surface area contributed by atoms with Crippen molar-refractivity contribution in [3.8, 4) is 0 Å². The molecular weight excluding hydrogens is 266 g/mol. The zero-order valence-corrected chi connectivity index (χ0v) is 9.77. The van der Waals surface area contributed by atoms with Crippen molar-refractivity contribution < 1.29 is 0 Å². The van der Waals surface area contributed by atoms with Gasteiger partial charge in [-0.2, -0.15) is 0 Å². The molecule has 2 aromatic carbocycles. The van der Waals surface area contributed by atoms with Crippen LogP contribution in [0.2, 0.25) is 0 Å². The molecule has 0 N–H and O–H groups in total. The van der Waals surface area contributed by atoms with Gasteiger partial charge < -0.3 is 0 Å². The molecule has 0 heterocycles. The number of hydrogen-bond acceptors (Lipinski definition) is 0. The van der Waals surface area contributed by atoms with Crippen LogP contribution in [0.3, 0.4) is 0 Å². The molecule has 0 bridgehead atoms. The molecule has 1 heteroatoms. The van der Waals surface area contributed by atoms with Gasteiger partial charge in [-0.1, -0.05) is 0 Å². The minimum absolute atomic E-state index is 0.335. The Morgan fingerprint density at radius 3 is 1.31 bits per heavy atom. The SMILES string of the molecule is c1cc[c]([Sb][c]2ccccc2)cc1. The van der Waals surface area contributed by atoms with Crippen LogP contribution >= 0.6 is 0 Å². The van der Waals surface area contributed by atoms with Gasteiger partial charge in [-0.25, -0.2) is 0 Å². The Hall–Kier alpha value is -0.742. The molecule has 0 aromatic heterocycles. The predicted molar refractivity (Wildman–Crippen MR) is 57.9 cm³/mol. The summed E-state index contributed by atoms with van der Waals surface area (Å²) in [6, 6.07) is 21.5. The van der Waals surface area contributed by atoms with Crippen LogP contribution in [0.5, 0.6) is 0 Å². The maximum absolute atomic E-state index is 2.23. The van der Waals surface area contributed by atoms with E-state index in [-0.39, 0.29) is 21.6 Å². The first-order chi connectivity index (χ1) is 6.45. The molecule has 0 unspecified atom stereocenters. The standard InChI is InChI=1S/2C6H5.Sb/c2*1-2-4-6-5-3-1;/h2*1-5H;. The Balaban J connectivity index is 2.16. The van der Waals surface area contributed by atoms with Crippen LogP contribution in [0.25, 0.3) is 0 Å². The Kier molecular flexibility index (Phi) is 3.05. The van der Waals surface area contributed by atoms with E-state index in [2.05, 4.69) is 60.7 Å². The van der Waals surface area contributed by atoms with Crippen LogP contribution in [0.15, 0.2) is 60.7 Å². The summed E-state index contributed by atoms with van der Waals surface area (Å²) in [6.07, 6.45) is 0. The third-order valence-corrected chi connectivity index (χ3v) is 4.95. The van der Waals surface area contributed by atoms with Crippen LogP contribution in [0, 0.1) is 0 Å². The van der Waals surface area contributed by atoms with E-state index in [0.717, 1.165) is 0 Å². The Labute approximate surface area is 89.1 Å². The van der Waals surface area contributed by atoms with Crippen LogP contribution in [0.4, 0.5) is 0 Å². The second-order valence-corrected chi connectivity index (χ2v) is 6.37. The van der Waals surface area contributed by atoms with Crippen molar-refractivity contribution in [2.75, 3.05) is 0 Å². The molecule has 1 radical (unpaired) electrons. The van der Waals surface area contributed by atoms with E-state index >= 15 is 0 Å². The molecule has 0 aliphatic heterocycles. The zero-order valence-electron chi connectivity index (χ0n) is 7.22. The van der Waals surface area contributed by atoms with Gasteiger partial charge in [-0.05, 0) is 0 Å². The summed E-state index contributed by atoms with van der Waals surface area (Å²) in [5.74, 6) is 0. The van der Waals surface area contributed by atoms with E-state index in [4.69, 9.17) is 0 Å². The molecule has 2 aromatic rings. The van der Waals surface area contributed by atoms with Gasteiger partial charge in [-0.3, -0.25) is 0 Å². The summed E-state index contributed by atoms with van der Waals surface area (Å²) < 4.78 is 3.04. The van der Waals surface area contributed by atoms with Crippen molar-refractivity contribution in [1.29, 1.82) is 0 Å². The Morgan fingerprint density at radius 2 is 0.923 bits per heavy atom. The van der Waals surface area contributed by atoms with Crippen LogP contribution in [0.1, 0.15) is 0 Å². The fraction of sp³-hybridized carbons (Fsp3) is 0. The van der Waals surface area contributed by atoms with E-state index in [1.807, 2.05) is 0 Å². The van der Waals surface area contributed by atoms with Gasteiger partial charge in [0.05, 0.1) is 0 Å². The first-order valence-electron chi connectivity index (χ1n) is 4.27. The molecule has 0 aliphatic carbocycles. The van der Waals surface area contributed by atoms with Crippen molar-refractivity contribution >= 4 is 28.6 Å². The summed E-state index contributed by atoms with van der Waals surface area (Å²) >= 11 is -0.335. The summed E-state index contributed by atoms with van der Waals surface area (Å²) in [5.41, 5.74) is 0. The van der Waals surface area contributed by atoms with Crippen LogP contribution in [-0.2, 0) is 0 Å². The molecule has 0 spiro atoms. The summed E-state index contributed by atoms with van der Waals surface area (Å²) in [4.78, 5) is 0. The average molecular weight is 276 g/mol. The van der Waals surface area contributed by atoms with Crippen molar-refractivity contribution in [3.05, 3.63) is 60.7 Å². The molecule has 0 aliphatic rings. The molecule has 0 nitrogen and oxygen atoms in total. The number of rotatable bonds is 2. The van der Waals surface area contributed by atoms with Crippen LogP contribution in [-0.4, -0.2) is 21.6 Å². The maximum atomic E-state index is 2.23. The van der Waals surface area contributed by atoms with Gasteiger partial charge in [0, 0.05) is 0 Å². The van der Waals surface area contributed by atoms with E-state index in [9.17, 15) is 0 Å². The topological polar surface area (TPSA) is 0 Å². The number of benzene rings is 2. The van der Waals surface area contributed by atoms with Crippen molar-refractivity contribution in [1.82, 2.24) is 0 Å². The second kappa shape index (κ2) is 4.48. The third kappa shape index (κ3) is 2.60. The van der Waals surface area contributed by atoms with Crippen molar-refractivity contribution in [2.45, 2.75) is 0 Å². The normalized spacial score (nSPS) is 9.85. The van der Waals surface area contributed by atoms with Crippen molar-refractivity contribution in [2.24, 2.45) is 0 Å². The van der Waals surface area contributed by atoms with Crippen molar-refractivity contribution in [3.63, 3.8) is 0 Å². The van der Waals surface area contributed by atoms with Gasteiger partial charge in [-0.15, -0.1) is 0 Å². The monoisotopic (exact) mass is 275 g/mol. The molecule has 13 heavy (non-hydrogen) atoms. The van der Waals surface area contributed by atoms with Gasteiger partial charge in [0.15, 0.2) is 0 Å². The fourth-order valence-corrected chi connectivity index (χ4v) is 3.84. The Morgan fingerprint density at radius 1 is 0.538 bits per heavy atom.